The van der Waals surface area contributed by atoms with Gasteiger partial charge in [-0.05, 0) is 27.9 Å². The first-order chi connectivity index (χ1) is 5.70. The molecule has 1 aliphatic heterocycles. The third kappa shape index (κ3) is 1.02. The van der Waals surface area contributed by atoms with Crippen molar-refractivity contribution < 1.29 is 8.78 Å². The van der Waals surface area contributed by atoms with E-state index >= 15 is 0 Å². The molecule has 0 bridgehead atoms. The van der Waals surface area contributed by atoms with Crippen LogP contribution in [0.2, 0.25) is 0 Å². The summed E-state index contributed by atoms with van der Waals surface area (Å²) in [6.45, 7) is 0.675. The lowest BCUT2D eigenvalue weighted by atomic mass is 10.1. The van der Waals surface area contributed by atoms with E-state index in [2.05, 4.69) is 21.2 Å². The van der Waals surface area contributed by atoms with Crippen LogP contribution in [0.3, 0.4) is 0 Å². The first-order valence-electron chi connectivity index (χ1n) is 3.60. The molecule has 0 radical (unpaired) electrons. The van der Waals surface area contributed by atoms with Gasteiger partial charge in [0.1, 0.15) is 11.6 Å². The molecule has 0 atom stereocenters. The molecule has 0 aliphatic carbocycles. The lowest BCUT2D eigenvalue weighted by Gasteiger charge is -2.04. The molecular formula is C8H6BrF2N. The maximum Gasteiger partial charge on any atom is 0.149 e. The number of anilines is 1. The zero-order valence-electron chi connectivity index (χ0n) is 6.13. The molecule has 1 aromatic rings. The molecule has 1 aliphatic rings. The number of halogens is 3. The summed E-state index contributed by atoms with van der Waals surface area (Å²) in [4.78, 5) is 0. The van der Waals surface area contributed by atoms with Crippen LogP contribution < -0.4 is 5.32 Å². The summed E-state index contributed by atoms with van der Waals surface area (Å²) in [7, 11) is 0. The normalized spacial score (nSPS) is 14.2. The highest BCUT2D eigenvalue weighted by Gasteiger charge is 2.20. The number of hydrogen-bond acceptors (Lipinski definition) is 1. The van der Waals surface area contributed by atoms with Gasteiger partial charge in [-0.25, -0.2) is 8.78 Å². The van der Waals surface area contributed by atoms with E-state index < -0.39 is 11.6 Å². The van der Waals surface area contributed by atoms with E-state index in [0.29, 0.717) is 28.7 Å². The van der Waals surface area contributed by atoms with E-state index in [0.717, 1.165) is 6.07 Å². The number of nitrogens with one attached hydrogen (secondary N) is 1. The largest absolute Gasteiger partial charge is 0.382 e. The third-order valence-electron chi connectivity index (χ3n) is 1.95. The van der Waals surface area contributed by atoms with Gasteiger partial charge in [0.05, 0.1) is 10.2 Å². The van der Waals surface area contributed by atoms with Gasteiger partial charge >= 0.3 is 0 Å². The molecule has 0 aromatic heterocycles. The maximum absolute atomic E-state index is 13.0. The molecule has 0 amide bonds. The van der Waals surface area contributed by atoms with Crippen LogP contribution in [-0.4, -0.2) is 6.54 Å². The molecule has 0 saturated carbocycles. The summed E-state index contributed by atoms with van der Waals surface area (Å²) in [5.74, 6) is -1.04. The molecule has 4 heteroatoms. The number of rotatable bonds is 0. The average Bonchev–Trinajstić information content (AvgIpc) is 2.48. The quantitative estimate of drug-likeness (QED) is 0.680. The highest BCUT2D eigenvalue weighted by Crippen LogP contribution is 2.33. The number of hydrogen-bond donors (Lipinski definition) is 1. The Labute approximate surface area is 76.9 Å². The molecule has 1 aromatic carbocycles. The summed E-state index contributed by atoms with van der Waals surface area (Å²) in [6, 6.07) is 0.890. The zero-order valence-corrected chi connectivity index (χ0v) is 7.71. The van der Waals surface area contributed by atoms with Crippen LogP contribution in [-0.2, 0) is 6.42 Å². The van der Waals surface area contributed by atoms with Gasteiger partial charge in [-0.1, -0.05) is 0 Å². The van der Waals surface area contributed by atoms with E-state index in [4.69, 9.17) is 0 Å². The minimum atomic E-state index is -0.532. The molecule has 2 rings (SSSR count). The Bertz CT molecular complexity index is 338. The molecule has 1 N–H and O–H groups in total. The van der Waals surface area contributed by atoms with Gasteiger partial charge in [-0.2, -0.15) is 0 Å². The van der Waals surface area contributed by atoms with Gasteiger partial charge in [0, 0.05) is 12.6 Å². The van der Waals surface area contributed by atoms with E-state index in [1.165, 1.54) is 0 Å². The summed E-state index contributed by atoms with van der Waals surface area (Å²) < 4.78 is 26.3. The Balaban J connectivity index is 2.69. The summed E-state index contributed by atoms with van der Waals surface area (Å²) in [5, 5.41) is 2.86. The monoisotopic (exact) mass is 233 g/mol. The van der Waals surface area contributed by atoms with Crippen LogP contribution in [0, 0.1) is 11.6 Å². The van der Waals surface area contributed by atoms with Gasteiger partial charge in [0.15, 0.2) is 0 Å². The molecule has 1 heterocycles. The Morgan fingerprint density at radius 2 is 2.08 bits per heavy atom. The van der Waals surface area contributed by atoms with Crippen LogP contribution in [0.1, 0.15) is 5.56 Å². The van der Waals surface area contributed by atoms with Gasteiger partial charge in [0.25, 0.3) is 0 Å². The lowest BCUT2D eigenvalue weighted by molar-refractivity contribution is 0.580. The fourth-order valence-electron chi connectivity index (χ4n) is 1.38. The molecule has 1 nitrogen and oxygen atoms in total. The van der Waals surface area contributed by atoms with Crippen LogP contribution in [0.25, 0.3) is 0 Å². The zero-order chi connectivity index (χ0) is 8.72. The van der Waals surface area contributed by atoms with Crippen molar-refractivity contribution in [3.63, 3.8) is 0 Å². The minimum Gasteiger partial charge on any atom is -0.382 e. The third-order valence-corrected chi connectivity index (χ3v) is 2.80. The molecule has 0 unspecified atom stereocenters. The fraction of sp³-hybridized carbons (Fsp3) is 0.250. The lowest BCUT2D eigenvalue weighted by Crippen LogP contribution is -1.94. The molecule has 0 spiro atoms. The predicted molar refractivity (Wildman–Crippen MR) is 46.3 cm³/mol. The molecule has 0 saturated heterocycles. The number of benzene rings is 1. The first-order valence-corrected chi connectivity index (χ1v) is 4.39. The molecular weight excluding hydrogens is 228 g/mol. The van der Waals surface area contributed by atoms with Crippen molar-refractivity contribution in [1.29, 1.82) is 0 Å². The molecule has 64 valence electrons. The second-order valence-electron chi connectivity index (χ2n) is 2.68. The van der Waals surface area contributed by atoms with Crippen molar-refractivity contribution >= 4 is 21.6 Å². The number of fused-ring (bicyclic) bond motifs is 1. The van der Waals surface area contributed by atoms with Gasteiger partial charge < -0.3 is 5.32 Å². The van der Waals surface area contributed by atoms with E-state index in [9.17, 15) is 8.78 Å². The smallest absolute Gasteiger partial charge is 0.149 e. The van der Waals surface area contributed by atoms with E-state index in [1.54, 1.807) is 0 Å². The average molecular weight is 234 g/mol. The maximum atomic E-state index is 13.0. The van der Waals surface area contributed by atoms with Crippen LogP contribution in [0.15, 0.2) is 10.5 Å². The first kappa shape index (κ1) is 7.98. The van der Waals surface area contributed by atoms with Crippen molar-refractivity contribution in [1.82, 2.24) is 0 Å². The predicted octanol–water partition coefficient (Wildman–Crippen LogP) is 2.70. The Morgan fingerprint density at radius 3 is 2.83 bits per heavy atom. The van der Waals surface area contributed by atoms with Crippen LogP contribution in [0.4, 0.5) is 14.5 Å². The van der Waals surface area contributed by atoms with Crippen LogP contribution >= 0.6 is 15.9 Å². The topological polar surface area (TPSA) is 12.0 Å². The highest BCUT2D eigenvalue weighted by atomic mass is 79.9. The standard InChI is InChI=1S/C8H6BrF2N/c9-7-4-1-2-12-8(4)6(11)3-5(7)10/h3,12H,1-2H2. The summed E-state index contributed by atoms with van der Waals surface area (Å²) in [5.41, 5.74) is 1.13. The van der Waals surface area contributed by atoms with Crippen molar-refractivity contribution in [2.45, 2.75) is 6.42 Å². The SMILES string of the molecule is Fc1cc(F)c2c(c1Br)CCN2. The Morgan fingerprint density at radius 1 is 1.33 bits per heavy atom. The van der Waals surface area contributed by atoms with E-state index in [1.807, 2.05) is 0 Å². The molecule has 0 fully saturated rings. The van der Waals surface area contributed by atoms with Gasteiger partial charge in [0.2, 0.25) is 0 Å². The fourth-order valence-corrected chi connectivity index (χ4v) is 1.89. The summed E-state index contributed by atoms with van der Waals surface area (Å²) >= 11 is 3.08. The van der Waals surface area contributed by atoms with Crippen molar-refractivity contribution in [2.75, 3.05) is 11.9 Å². The second kappa shape index (κ2) is 2.69. The van der Waals surface area contributed by atoms with Crippen molar-refractivity contribution in [3.05, 3.63) is 27.7 Å². The Hall–Kier alpha value is -0.640. The minimum absolute atomic E-state index is 0.379. The highest BCUT2D eigenvalue weighted by molar-refractivity contribution is 9.10. The Kier molecular flexibility index (Phi) is 1.79. The van der Waals surface area contributed by atoms with Crippen LogP contribution in [0.5, 0.6) is 0 Å². The second-order valence-corrected chi connectivity index (χ2v) is 3.48. The van der Waals surface area contributed by atoms with Gasteiger partial charge in [-0.3, -0.25) is 0 Å². The molecule has 12 heavy (non-hydrogen) atoms. The van der Waals surface area contributed by atoms with Crippen molar-refractivity contribution in [3.8, 4) is 0 Å². The van der Waals surface area contributed by atoms with Gasteiger partial charge in [-0.15, -0.1) is 0 Å². The summed E-state index contributed by atoms with van der Waals surface area (Å²) in [6.07, 6.45) is 0.671. The van der Waals surface area contributed by atoms with E-state index in [-0.39, 0.29) is 0 Å². The van der Waals surface area contributed by atoms with Crippen molar-refractivity contribution in [2.24, 2.45) is 0 Å².